The lowest BCUT2D eigenvalue weighted by molar-refractivity contribution is -0.132. The number of aliphatic hydroxyl groups excluding tert-OH is 1. The van der Waals surface area contributed by atoms with Gasteiger partial charge in [0.05, 0.1) is 44.6 Å². The normalized spacial score (nSPS) is 16.5. The molecule has 0 aromatic heterocycles. The van der Waals surface area contributed by atoms with Crippen molar-refractivity contribution < 1.29 is 28.9 Å². The third-order valence-corrected chi connectivity index (χ3v) is 6.11. The number of hydrogen-bond acceptors (Lipinski definition) is 7. The number of nitrogens with zero attached hydrogens (tertiary/aromatic N) is 2. The van der Waals surface area contributed by atoms with E-state index in [9.17, 15) is 14.7 Å². The van der Waals surface area contributed by atoms with Crippen LogP contribution in [0.4, 0.5) is 5.69 Å². The van der Waals surface area contributed by atoms with E-state index in [1.165, 1.54) is 19.1 Å². The van der Waals surface area contributed by atoms with Gasteiger partial charge in [0.15, 0.2) is 11.5 Å². The molecule has 1 aliphatic heterocycles. The SMILES string of the molecule is COc1ccc(/C(O)=C2/C(=O)C(=O)N(c3ccc(C#N)cc3)C2c2ccc(OC)c(OC)c2)cc1C. The van der Waals surface area contributed by atoms with Crippen molar-refractivity contribution in [2.75, 3.05) is 26.2 Å². The van der Waals surface area contributed by atoms with E-state index in [0.29, 0.717) is 39.6 Å². The molecule has 3 aromatic carbocycles. The van der Waals surface area contributed by atoms with Crippen LogP contribution < -0.4 is 19.1 Å². The predicted molar refractivity (Wildman–Crippen MR) is 133 cm³/mol. The average Bonchev–Trinajstić information content (AvgIpc) is 3.17. The Bertz CT molecular complexity index is 1420. The number of aliphatic hydroxyl groups is 1. The largest absolute Gasteiger partial charge is 0.507 e. The molecule has 0 bridgehead atoms. The van der Waals surface area contributed by atoms with E-state index in [2.05, 4.69) is 0 Å². The molecular weight excluding hydrogens is 460 g/mol. The van der Waals surface area contributed by atoms with Gasteiger partial charge in [0, 0.05) is 11.3 Å². The maximum atomic E-state index is 13.4. The van der Waals surface area contributed by atoms with Crippen molar-refractivity contribution in [1.29, 1.82) is 5.26 Å². The highest BCUT2D eigenvalue weighted by Gasteiger charge is 2.47. The van der Waals surface area contributed by atoms with Gasteiger partial charge in [-0.05, 0) is 72.6 Å². The number of carbonyl (C=O) groups is 2. The van der Waals surface area contributed by atoms with E-state index in [1.807, 2.05) is 13.0 Å². The van der Waals surface area contributed by atoms with Crippen LogP contribution in [0.2, 0.25) is 0 Å². The van der Waals surface area contributed by atoms with Crippen LogP contribution in [-0.4, -0.2) is 38.1 Å². The van der Waals surface area contributed by atoms with Gasteiger partial charge in [0.25, 0.3) is 11.7 Å². The summed E-state index contributed by atoms with van der Waals surface area (Å²) in [6.07, 6.45) is 0. The fourth-order valence-corrected chi connectivity index (χ4v) is 4.31. The lowest BCUT2D eigenvalue weighted by Crippen LogP contribution is -2.29. The third-order valence-electron chi connectivity index (χ3n) is 6.11. The van der Waals surface area contributed by atoms with Crippen molar-refractivity contribution in [3.05, 3.63) is 88.5 Å². The van der Waals surface area contributed by atoms with Crippen LogP contribution in [0.3, 0.4) is 0 Å². The summed E-state index contributed by atoms with van der Waals surface area (Å²) in [5, 5.41) is 20.5. The van der Waals surface area contributed by atoms with Crippen LogP contribution in [0.1, 0.15) is 28.3 Å². The molecule has 1 fully saturated rings. The second kappa shape index (κ2) is 9.84. The van der Waals surface area contributed by atoms with Crippen LogP contribution in [0.25, 0.3) is 5.76 Å². The van der Waals surface area contributed by atoms with E-state index >= 15 is 0 Å². The van der Waals surface area contributed by atoms with Crippen molar-refractivity contribution in [1.82, 2.24) is 0 Å². The van der Waals surface area contributed by atoms with Gasteiger partial charge in [0.1, 0.15) is 11.5 Å². The molecule has 0 aliphatic carbocycles. The molecule has 4 rings (SSSR count). The number of rotatable bonds is 6. The number of ketones is 1. The zero-order chi connectivity index (χ0) is 26.0. The molecule has 182 valence electrons. The van der Waals surface area contributed by atoms with E-state index in [0.717, 1.165) is 5.56 Å². The first-order chi connectivity index (χ1) is 17.3. The number of methoxy groups -OCH3 is 3. The smallest absolute Gasteiger partial charge is 0.300 e. The Labute approximate surface area is 208 Å². The zero-order valence-corrected chi connectivity index (χ0v) is 20.2. The first-order valence-electron chi connectivity index (χ1n) is 11.0. The van der Waals surface area contributed by atoms with E-state index in [4.69, 9.17) is 19.5 Å². The molecular formula is C28H24N2O6. The van der Waals surface area contributed by atoms with Crippen molar-refractivity contribution in [3.63, 3.8) is 0 Å². The van der Waals surface area contributed by atoms with E-state index in [-0.39, 0.29) is 11.3 Å². The fourth-order valence-electron chi connectivity index (χ4n) is 4.31. The first-order valence-corrected chi connectivity index (χ1v) is 11.0. The number of amides is 1. The maximum Gasteiger partial charge on any atom is 0.300 e. The van der Waals surface area contributed by atoms with Crippen molar-refractivity contribution >= 4 is 23.1 Å². The van der Waals surface area contributed by atoms with Crippen LogP contribution in [0.5, 0.6) is 17.2 Å². The zero-order valence-electron chi connectivity index (χ0n) is 20.2. The number of nitriles is 1. The summed E-state index contributed by atoms with van der Waals surface area (Å²) in [5.41, 5.74) is 2.40. The van der Waals surface area contributed by atoms with Gasteiger partial charge in [0.2, 0.25) is 0 Å². The number of carbonyl (C=O) groups excluding carboxylic acids is 2. The number of aryl methyl sites for hydroxylation is 1. The van der Waals surface area contributed by atoms with Gasteiger partial charge in [-0.1, -0.05) is 6.07 Å². The number of anilines is 1. The second-order valence-electron chi connectivity index (χ2n) is 8.13. The summed E-state index contributed by atoms with van der Waals surface area (Å²) in [6, 6.07) is 17.4. The highest BCUT2D eigenvalue weighted by Crippen LogP contribution is 2.44. The Hall–Kier alpha value is -4.77. The van der Waals surface area contributed by atoms with Gasteiger partial charge in [-0.2, -0.15) is 5.26 Å². The summed E-state index contributed by atoms with van der Waals surface area (Å²) in [5.74, 6) is -0.435. The van der Waals surface area contributed by atoms with Gasteiger partial charge < -0.3 is 19.3 Å². The molecule has 1 aliphatic rings. The Balaban J connectivity index is 1.96. The molecule has 1 heterocycles. The van der Waals surface area contributed by atoms with Crippen LogP contribution in [0.15, 0.2) is 66.2 Å². The molecule has 1 saturated heterocycles. The number of ether oxygens (including phenoxy) is 3. The number of benzene rings is 3. The van der Waals surface area contributed by atoms with Gasteiger partial charge in [-0.3, -0.25) is 14.5 Å². The molecule has 1 amide bonds. The van der Waals surface area contributed by atoms with Crippen molar-refractivity contribution in [3.8, 4) is 23.3 Å². The molecule has 1 atom stereocenters. The highest BCUT2D eigenvalue weighted by molar-refractivity contribution is 6.51. The molecule has 0 spiro atoms. The van der Waals surface area contributed by atoms with Crippen LogP contribution >= 0.6 is 0 Å². The molecule has 8 nitrogen and oxygen atoms in total. The molecule has 1 unspecified atom stereocenters. The summed E-state index contributed by atoms with van der Waals surface area (Å²) in [6.45, 7) is 1.82. The molecule has 36 heavy (non-hydrogen) atoms. The molecule has 0 radical (unpaired) electrons. The monoisotopic (exact) mass is 484 g/mol. The van der Waals surface area contributed by atoms with Crippen molar-refractivity contribution in [2.24, 2.45) is 0 Å². The number of Topliss-reactive ketones (excluding diaryl/α,β-unsaturated/α-hetero) is 1. The van der Waals surface area contributed by atoms with E-state index < -0.39 is 17.7 Å². The fraction of sp³-hybridized carbons (Fsp3) is 0.179. The summed E-state index contributed by atoms with van der Waals surface area (Å²) < 4.78 is 16.1. The average molecular weight is 485 g/mol. The predicted octanol–water partition coefficient (Wildman–Crippen LogP) is 4.52. The van der Waals surface area contributed by atoms with Gasteiger partial charge in [-0.15, -0.1) is 0 Å². The van der Waals surface area contributed by atoms with Gasteiger partial charge in [-0.25, -0.2) is 0 Å². The maximum absolute atomic E-state index is 13.4. The summed E-state index contributed by atoms with van der Waals surface area (Å²) >= 11 is 0. The standard InChI is InChI=1S/C28H24N2O6/c1-16-13-19(8-11-21(16)34-2)26(31)24-25(18-7-12-22(35-3)23(14-18)36-4)30(28(33)27(24)32)20-9-5-17(15-29)6-10-20/h5-14,25,31H,1-4H3/b26-24-. The summed E-state index contributed by atoms with van der Waals surface area (Å²) in [7, 11) is 4.54. The summed E-state index contributed by atoms with van der Waals surface area (Å²) in [4.78, 5) is 28.0. The van der Waals surface area contributed by atoms with Crippen LogP contribution in [0, 0.1) is 18.3 Å². The molecule has 0 saturated carbocycles. The molecule has 8 heteroatoms. The number of hydrogen-bond donors (Lipinski definition) is 1. The van der Waals surface area contributed by atoms with Crippen molar-refractivity contribution in [2.45, 2.75) is 13.0 Å². The minimum Gasteiger partial charge on any atom is -0.507 e. The Morgan fingerprint density at radius 3 is 2.11 bits per heavy atom. The quantitative estimate of drug-likeness (QED) is 0.311. The minimum atomic E-state index is -0.958. The third kappa shape index (κ3) is 4.12. The molecule has 1 N–H and O–H groups in total. The minimum absolute atomic E-state index is 0.0684. The Kier molecular flexibility index (Phi) is 6.66. The highest BCUT2D eigenvalue weighted by atomic mass is 16.5. The Morgan fingerprint density at radius 1 is 0.889 bits per heavy atom. The lowest BCUT2D eigenvalue weighted by Gasteiger charge is -2.26. The van der Waals surface area contributed by atoms with Crippen LogP contribution in [-0.2, 0) is 9.59 Å². The lowest BCUT2D eigenvalue weighted by atomic mass is 9.94. The molecule has 3 aromatic rings. The second-order valence-corrected chi connectivity index (χ2v) is 8.13. The first kappa shape index (κ1) is 24.4. The van der Waals surface area contributed by atoms with E-state index in [1.54, 1.807) is 67.8 Å². The topological polar surface area (TPSA) is 109 Å². The Morgan fingerprint density at radius 2 is 1.53 bits per heavy atom. The van der Waals surface area contributed by atoms with Gasteiger partial charge >= 0.3 is 0 Å².